The molecule has 1 atom stereocenters. The maximum Gasteiger partial charge on any atom is 0.417 e. The Balaban J connectivity index is 1.79. The number of amides is 2. The number of carbonyl (C=O) groups excluding carboxylic acids is 2. The van der Waals surface area contributed by atoms with E-state index in [0.717, 1.165) is 11.1 Å². The lowest BCUT2D eigenvalue weighted by Crippen LogP contribution is -2.44. The molecule has 3 rings (SSSR count). The molecule has 4 heteroatoms. The van der Waals surface area contributed by atoms with E-state index in [-0.39, 0.29) is 11.9 Å². The van der Waals surface area contributed by atoms with Crippen molar-refractivity contribution in [1.82, 2.24) is 4.90 Å². The summed E-state index contributed by atoms with van der Waals surface area (Å²) in [5, 5.41) is 0. The van der Waals surface area contributed by atoms with E-state index < -0.39 is 17.1 Å². The molecule has 1 saturated heterocycles. The van der Waals surface area contributed by atoms with Crippen LogP contribution >= 0.6 is 0 Å². The highest BCUT2D eigenvalue weighted by molar-refractivity contribution is 5.97. The van der Waals surface area contributed by atoms with Crippen LogP contribution in [0.3, 0.4) is 0 Å². The zero-order chi connectivity index (χ0) is 20.5. The smallest absolute Gasteiger partial charge is 0.417 e. The number of hydrogen-bond acceptors (Lipinski definition) is 3. The molecule has 1 aliphatic heterocycles. The maximum atomic E-state index is 12.8. The van der Waals surface area contributed by atoms with Crippen molar-refractivity contribution in [2.24, 2.45) is 5.41 Å². The highest BCUT2D eigenvalue weighted by Gasteiger charge is 2.49. The summed E-state index contributed by atoms with van der Waals surface area (Å²) in [7, 11) is 0. The van der Waals surface area contributed by atoms with E-state index in [2.05, 4.69) is 36.4 Å². The molecule has 0 aromatic heterocycles. The molecule has 1 aliphatic rings. The molecule has 0 bridgehead atoms. The van der Waals surface area contributed by atoms with Gasteiger partial charge in [0, 0.05) is 11.5 Å². The van der Waals surface area contributed by atoms with Gasteiger partial charge in [-0.3, -0.25) is 4.79 Å². The minimum absolute atomic E-state index is 0.160. The molecule has 4 nitrogen and oxygen atoms in total. The van der Waals surface area contributed by atoms with Crippen molar-refractivity contribution in [1.29, 1.82) is 0 Å². The van der Waals surface area contributed by atoms with Crippen LogP contribution < -0.4 is 0 Å². The molecular formula is C24H29NO3. The quantitative estimate of drug-likeness (QED) is 0.711. The first-order chi connectivity index (χ1) is 13.1. The molecule has 0 radical (unpaired) electrons. The first-order valence-corrected chi connectivity index (χ1v) is 9.78. The number of nitrogens with zero attached hydrogens (tertiary/aromatic N) is 1. The summed E-state index contributed by atoms with van der Waals surface area (Å²) < 4.78 is 5.50. The van der Waals surface area contributed by atoms with Gasteiger partial charge in [0.25, 0.3) is 0 Å². The molecule has 0 spiro atoms. The Morgan fingerprint density at radius 2 is 1.61 bits per heavy atom. The van der Waals surface area contributed by atoms with Crippen molar-refractivity contribution in [3.05, 3.63) is 60.2 Å². The van der Waals surface area contributed by atoms with Crippen molar-refractivity contribution in [3.8, 4) is 11.1 Å². The number of benzene rings is 2. The second kappa shape index (κ2) is 7.42. The maximum absolute atomic E-state index is 12.8. The van der Waals surface area contributed by atoms with Crippen LogP contribution in [-0.2, 0) is 16.0 Å². The van der Waals surface area contributed by atoms with E-state index in [1.807, 2.05) is 52.8 Å². The Labute approximate surface area is 167 Å². The van der Waals surface area contributed by atoms with E-state index in [9.17, 15) is 9.59 Å². The van der Waals surface area contributed by atoms with E-state index >= 15 is 0 Å². The Kier molecular flexibility index (Phi) is 5.33. The number of ether oxygens (including phenoxy) is 1. The average molecular weight is 380 g/mol. The van der Waals surface area contributed by atoms with Crippen LogP contribution in [0, 0.1) is 5.41 Å². The number of imide groups is 1. The van der Waals surface area contributed by atoms with Gasteiger partial charge in [-0.15, -0.1) is 0 Å². The second-order valence-electron chi connectivity index (χ2n) is 9.16. The standard InChI is InChI=1S/C24H29NO3/c1-23(2,3)28-22(27)25-20(16-24(4,5)21(25)26)15-17-11-13-19(14-12-17)18-9-7-6-8-10-18/h6-14,20H,15-16H2,1-5H3/t20-/m1/s1. The van der Waals surface area contributed by atoms with Gasteiger partial charge >= 0.3 is 6.09 Å². The fraction of sp³-hybridized carbons (Fsp3) is 0.417. The minimum Gasteiger partial charge on any atom is -0.443 e. The largest absolute Gasteiger partial charge is 0.443 e. The lowest BCUT2D eigenvalue weighted by Gasteiger charge is -2.27. The van der Waals surface area contributed by atoms with Crippen molar-refractivity contribution < 1.29 is 14.3 Å². The summed E-state index contributed by atoms with van der Waals surface area (Å²) >= 11 is 0. The van der Waals surface area contributed by atoms with Crippen LogP contribution in [0.4, 0.5) is 4.79 Å². The summed E-state index contributed by atoms with van der Waals surface area (Å²) in [4.78, 5) is 26.8. The molecule has 0 N–H and O–H groups in total. The predicted molar refractivity (Wildman–Crippen MR) is 111 cm³/mol. The molecule has 1 heterocycles. The monoisotopic (exact) mass is 379 g/mol. The first-order valence-electron chi connectivity index (χ1n) is 9.78. The molecular weight excluding hydrogens is 350 g/mol. The van der Waals surface area contributed by atoms with Crippen molar-refractivity contribution in [2.45, 2.75) is 59.1 Å². The first kappa shape index (κ1) is 20.1. The summed E-state index contributed by atoms with van der Waals surface area (Å²) in [6.07, 6.45) is 0.712. The molecule has 2 amide bonds. The Morgan fingerprint density at radius 1 is 1.04 bits per heavy atom. The molecule has 0 saturated carbocycles. The fourth-order valence-electron chi connectivity index (χ4n) is 3.70. The highest BCUT2D eigenvalue weighted by atomic mass is 16.6. The SMILES string of the molecule is CC(C)(C)OC(=O)N1C(=O)C(C)(C)C[C@H]1Cc1ccc(-c2ccccc2)cc1. The minimum atomic E-state index is -0.633. The molecule has 28 heavy (non-hydrogen) atoms. The van der Waals surface area contributed by atoms with E-state index in [1.165, 1.54) is 10.5 Å². The van der Waals surface area contributed by atoms with Crippen molar-refractivity contribution in [2.75, 3.05) is 0 Å². The zero-order valence-electron chi connectivity index (χ0n) is 17.4. The lowest BCUT2D eigenvalue weighted by molar-refractivity contribution is -0.134. The lowest BCUT2D eigenvalue weighted by atomic mass is 9.88. The number of rotatable bonds is 3. The van der Waals surface area contributed by atoms with Crippen LogP contribution in [0.2, 0.25) is 0 Å². The normalized spacial score (nSPS) is 19.0. The predicted octanol–water partition coefficient (Wildman–Crippen LogP) is 5.46. The van der Waals surface area contributed by atoms with Gasteiger partial charge in [0.05, 0.1) is 0 Å². The third-order valence-corrected chi connectivity index (χ3v) is 5.03. The van der Waals surface area contributed by atoms with Gasteiger partial charge in [-0.25, -0.2) is 9.69 Å². The number of hydrogen-bond donors (Lipinski definition) is 0. The number of likely N-dealkylation sites (tertiary alicyclic amines) is 1. The molecule has 0 aliphatic carbocycles. The van der Waals surface area contributed by atoms with Crippen LogP contribution in [-0.4, -0.2) is 28.5 Å². The molecule has 2 aromatic carbocycles. The molecule has 2 aromatic rings. The summed E-state index contributed by atoms with van der Waals surface area (Å²) in [5.41, 5.74) is 2.22. The van der Waals surface area contributed by atoms with Gasteiger partial charge in [0.2, 0.25) is 5.91 Å². The summed E-state index contributed by atoms with van der Waals surface area (Å²) in [5.74, 6) is -0.160. The Bertz CT molecular complexity index is 848. The van der Waals surface area contributed by atoms with Crippen molar-refractivity contribution in [3.63, 3.8) is 0 Å². The van der Waals surface area contributed by atoms with Crippen LogP contribution in [0.15, 0.2) is 54.6 Å². The molecule has 148 valence electrons. The van der Waals surface area contributed by atoms with Crippen LogP contribution in [0.25, 0.3) is 11.1 Å². The van der Waals surface area contributed by atoms with Crippen LogP contribution in [0.1, 0.15) is 46.6 Å². The third-order valence-electron chi connectivity index (χ3n) is 5.03. The fourth-order valence-corrected chi connectivity index (χ4v) is 3.70. The van der Waals surface area contributed by atoms with Gasteiger partial charge in [-0.1, -0.05) is 68.4 Å². The van der Waals surface area contributed by atoms with E-state index in [0.29, 0.717) is 12.8 Å². The van der Waals surface area contributed by atoms with E-state index in [1.54, 1.807) is 0 Å². The highest BCUT2D eigenvalue weighted by Crippen LogP contribution is 2.38. The average Bonchev–Trinajstić information content (AvgIpc) is 2.83. The van der Waals surface area contributed by atoms with Gasteiger partial charge in [0.1, 0.15) is 5.60 Å². The topological polar surface area (TPSA) is 46.6 Å². The van der Waals surface area contributed by atoms with Gasteiger partial charge in [-0.2, -0.15) is 0 Å². The summed E-state index contributed by atoms with van der Waals surface area (Å²) in [6, 6.07) is 18.3. The molecule has 0 unspecified atom stereocenters. The van der Waals surface area contributed by atoms with Gasteiger partial charge in [0.15, 0.2) is 0 Å². The zero-order valence-corrected chi connectivity index (χ0v) is 17.4. The Morgan fingerprint density at radius 3 is 2.18 bits per heavy atom. The van der Waals surface area contributed by atoms with Crippen molar-refractivity contribution >= 4 is 12.0 Å². The second-order valence-corrected chi connectivity index (χ2v) is 9.16. The third kappa shape index (κ3) is 4.44. The molecule has 1 fully saturated rings. The van der Waals surface area contributed by atoms with E-state index in [4.69, 9.17) is 4.74 Å². The van der Waals surface area contributed by atoms with Crippen LogP contribution in [0.5, 0.6) is 0 Å². The number of carbonyl (C=O) groups is 2. The Hall–Kier alpha value is -2.62. The summed E-state index contributed by atoms with van der Waals surface area (Å²) in [6.45, 7) is 9.23. The van der Waals surface area contributed by atoms with Gasteiger partial charge in [-0.05, 0) is 50.3 Å². The van der Waals surface area contributed by atoms with Gasteiger partial charge < -0.3 is 4.74 Å².